The number of imidazole rings is 1. The average Bonchev–Trinajstić information content (AvgIpc) is 4.11. The molecule has 3 saturated heterocycles. The standard InChI is InChI=1S/C53H64N9O13P/c1-31(75-30-33-11-7-5-8-12-33)37(18-22-45(54)63)56-49(67)42-20-16-36-24-25-60(29-40(51(69)61(36)42)57-48(66)39-28-35-27-34(15-17-38(35)55-39)52(70)76(72,73)74)47(65)13-9-4-3-6-10-32-14-19-41-44(26-32)59(2)53(71)62(41)43-21-23-46(64)58-50(43)68/h5,7-8,11-12,14-15,17,19,26-28,31,36-37,40,42-43,55H,3-4,6,9-10,13,16,18,20-25,29-30H2,1-2H3,(H2,54,63)(H,56,67)(H,57,66)(H,58,64,68)(H2,72,73,74)/t31-,36-,37+,40+,42+,43?/m1/s1. The number of imide groups is 1. The monoisotopic (exact) mass is 1070 g/mol. The Bertz CT molecular complexity index is 3160. The van der Waals surface area contributed by atoms with Gasteiger partial charge in [-0.05, 0) is 106 Å². The van der Waals surface area contributed by atoms with Gasteiger partial charge in [-0.2, -0.15) is 0 Å². The van der Waals surface area contributed by atoms with Crippen LogP contribution in [0.4, 0.5) is 0 Å². The van der Waals surface area contributed by atoms with Gasteiger partial charge in [0, 0.05) is 61.9 Å². The third-order valence-electron chi connectivity index (χ3n) is 14.8. The second kappa shape index (κ2) is 23.7. The van der Waals surface area contributed by atoms with Crippen molar-refractivity contribution in [3.8, 4) is 0 Å². The Morgan fingerprint density at radius 2 is 1.63 bits per heavy atom. The number of aryl methyl sites for hydroxylation is 2. The highest BCUT2D eigenvalue weighted by Gasteiger charge is 2.46. The Kier molecular flexibility index (Phi) is 17.2. The van der Waals surface area contributed by atoms with E-state index in [2.05, 4.69) is 20.9 Å². The van der Waals surface area contributed by atoms with E-state index in [-0.39, 0.29) is 87.0 Å². The quantitative estimate of drug-likeness (QED) is 0.0316. The Hall–Kier alpha value is -7.26. The number of benzene rings is 3. The summed E-state index contributed by atoms with van der Waals surface area (Å²) in [4.78, 5) is 144. The zero-order valence-corrected chi connectivity index (χ0v) is 43.3. The first kappa shape index (κ1) is 55.0. The molecule has 7 amide bonds. The first-order valence-corrected chi connectivity index (χ1v) is 27.3. The summed E-state index contributed by atoms with van der Waals surface area (Å²) in [6.45, 7) is 2.06. The molecule has 76 heavy (non-hydrogen) atoms. The number of ether oxygens (including phenoxy) is 1. The number of rotatable bonds is 21. The maximum atomic E-state index is 14.9. The fraction of sp³-hybridized carbons (Fsp3) is 0.453. The summed E-state index contributed by atoms with van der Waals surface area (Å²) in [5.74, 6) is -3.42. The van der Waals surface area contributed by atoms with Gasteiger partial charge in [-0.15, -0.1) is 0 Å². The van der Waals surface area contributed by atoms with E-state index in [0.29, 0.717) is 47.6 Å². The van der Waals surface area contributed by atoms with Gasteiger partial charge in [0.25, 0.3) is 11.4 Å². The van der Waals surface area contributed by atoms with Crippen molar-refractivity contribution in [2.45, 2.75) is 133 Å². The van der Waals surface area contributed by atoms with Crippen molar-refractivity contribution in [1.29, 1.82) is 0 Å². The summed E-state index contributed by atoms with van der Waals surface area (Å²) in [5, 5.41) is 8.44. The number of hydrogen-bond donors (Lipinski definition) is 7. The Balaban J connectivity index is 0.934. The largest absolute Gasteiger partial charge is 0.396 e. The first-order valence-electron chi connectivity index (χ1n) is 25.7. The molecule has 3 aliphatic heterocycles. The van der Waals surface area contributed by atoms with Crippen LogP contribution in [0.1, 0.15) is 122 Å². The molecule has 2 aromatic heterocycles. The molecule has 8 N–H and O–H groups in total. The normalized spacial score (nSPS) is 19.9. The van der Waals surface area contributed by atoms with E-state index in [0.717, 1.165) is 30.4 Å². The second-order valence-corrected chi connectivity index (χ2v) is 21.5. The summed E-state index contributed by atoms with van der Waals surface area (Å²) in [7, 11) is -3.45. The van der Waals surface area contributed by atoms with E-state index in [4.69, 9.17) is 10.5 Å². The number of aromatic amines is 1. The molecule has 0 bridgehead atoms. The Labute approximate surface area is 437 Å². The summed E-state index contributed by atoms with van der Waals surface area (Å²) >= 11 is 0. The molecule has 0 saturated carbocycles. The van der Waals surface area contributed by atoms with E-state index >= 15 is 0 Å². The number of amides is 7. The molecule has 22 nitrogen and oxygen atoms in total. The van der Waals surface area contributed by atoms with Gasteiger partial charge in [0.2, 0.25) is 35.4 Å². The van der Waals surface area contributed by atoms with Gasteiger partial charge in [-0.3, -0.25) is 57.4 Å². The minimum absolute atomic E-state index is 0.0276. The molecular formula is C53H64N9O13P. The molecule has 1 unspecified atom stereocenters. The fourth-order valence-electron chi connectivity index (χ4n) is 10.6. The van der Waals surface area contributed by atoms with Gasteiger partial charge in [0.15, 0.2) is 0 Å². The van der Waals surface area contributed by atoms with Crippen molar-refractivity contribution in [2.24, 2.45) is 12.8 Å². The van der Waals surface area contributed by atoms with E-state index in [9.17, 15) is 57.5 Å². The van der Waals surface area contributed by atoms with Gasteiger partial charge in [0.1, 0.15) is 23.8 Å². The Morgan fingerprint density at radius 1 is 0.868 bits per heavy atom. The van der Waals surface area contributed by atoms with Gasteiger partial charge < -0.3 is 45.7 Å². The maximum absolute atomic E-state index is 14.9. The highest BCUT2D eigenvalue weighted by atomic mass is 31.2. The highest BCUT2D eigenvalue weighted by Crippen LogP contribution is 2.39. The number of aromatic nitrogens is 3. The molecule has 6 atom stereocenters. The molecule has 5 heterocycles. The minimum atomic E-state index is -5.10. The molecule has 404 valence electrons. The van der Waals surface area contributed by atoms with Crippen LogP contribution in [0, 0.1) is 0 Å². The predicted molar refractivity (Wildman–Crippen MR) is 277 cm³/mol. The number of nitrogens with two attached hydrogens (primary N) is 1. The SMILES string of the molecule is C[C@@H](OCc1ccccc1)[C@H](CCC(N)=O)NC(=O)[C@@H]1CC[C@@H]2CCN(C(=O)CCCCCCc3ccc4c(c3)n(C)c(=O)n4C3CCC(=O)NC3=O)C[C@H](NC(=O)c3cc4cc(C(=O)P(=O)(O)O)ccc4[nH]3)C(=O)N21. The number of unbranched alkanes of at least 4 members (excludes halogenated alkanes) is 3. The van der Waals surface area contributed by atoms with Gasteiger partial charge >= 0.3 is 13.3 Å². The second-order valence-electron chi connectivity index (χ2n) is 20.0. The molecule has 8 rings (SSSR count). The topological polar surface area (TPSA) is 315 Å². The fourth-order valence-corrected chi connectivity index (χ4v) is 11.1. The van der Waals surface area contributed by atoms with E-state index in [1.54, 1.807) is 18.9 Å². The summed E-state index contributed by atoms with van der Waals surface area (Å²) < 4.78 is 20.8. The molecular weight excluding hydrogens is 1000 g/mol. The number of H-pyrrole nitrogens is 1. The molecule has 3 fully saturated rings. The van der Waals surface area contributed by atoms with Crippen molar-refractivity contribution in [1.82, 2.24) is 39.9 Å². The van der Waals surface area contributed by atoms with Crippen molar-refractivity contribution < 1.29 is 57.4 Å². The molecule has 0 aliphatic carbocycles. The molecule has 5 aromatic rings. The van der Waals surface area contributed by atoms with Gasteiger partial charge in [-0.25, -0.2) is 4.79 Å². The number of nitrogens with zero attached hydrogens (tertiary/aromatic N) is 4. The number of nitrogens with one attached hydrogen (secondary N) is 4. The molecule has 0 spiro atoms. The lowest BCUT2D eigenvalue weighted by Gasteiger charge is -2.39. The van der Waals surface area contributed by atoms with Crippen LogP contribution in [-0.2, 0) is 58.1 Å². The number of fused-ring (bicyclic) bond motifs is 3. The Morgan fingerprint density at radius 3 is 2.37 bits per heavy atom. The lowest BCUT2D eigenvalue weighted by atomic mass is 10.0. The highest BCUT2D eigenvalue weighted by molar-refractivity contribution is 7.70. The zero-order valence-electron chi connectivity index (χ0n) is 42.4. The van der Waals surface area contributed by atoms with Crippen molar-refractivity contribution in [3.63, 3.8) is 0 Å². The summed E-state index contributed by atoms with van der Waals surface area (Å²) in [6, 6.07) is 16.2. The molecule has 3 aromatic carbocycles. The number of primary amides is 1. The maximum Gasteiger partial charge on any atom is 0.396 e. The van der Waals surface area contributed by atoms with Crippen molar-refractivity contribution in [2.75, 3.05) is 13.1 Å². The third kappa shape index (κ3) is 12.7. The van der Waals surface area contributed by atoms with Crippen LogP contribution < -0.4 is 27.4 Å². The van der Waals surface area contributed by atoms with Crippen molar-refractivity contribution in [3.05, 3.63) is 106 Å². The number of piperidine rings is 1. The smallest absolute Gasteiger partial charge is 0.372 e. The minimum Gasteiger partial charge on any atom is -0.372 e. The van der Waals surface area contributed by atoms with E-state index in [1.807, 2.05) is 48.5 Å². The lowest BCUT2D eigenvalue weighted by molar-refractivity contribution is -0.145. The zero-order chi connectivity index (χ0) is 54.4. The van der Waals surface area contributed by atoms with Crippen molar-refractivity contribution >= 4 is 76.4 Å². The number of hydrogen-bond acceptors (Lipinski definition) is 11. The van der Waals surface area contributed by atoms with E-state index < -0.39 is 79.0 Å². The van der Waals surface area contributed by atoms with E-state index in [1.165, 1.54) is 38.3 Å². The lowest BCUT2D eigenvalue weighted by Crippen LogP contribution is -2.61. The van der Waals surface area contributed by atoms with Crippen LogP contribution in [0.2, 0.25) is 0 Å². The number of carbonyl (C=O) groups excluding carboxylic acids is 8. The van der Waals surface area contributed by atoms with Gasteiger partial charge in [-0.1, -0.05) is 49.2 Å². The first-order chi connectivity index (χ1) is 36.3. The van der Waals surface area contributed by atoms with Crippen LogP contribution in [0.25, 0.3) is 21.9 Å². The third-order valence-corrected chi connectivity index (χ3v) is 15.5. The van der Waals surface area contributed by atoms with Crippen LogP contribution in [0.5, 0.6) is 0 Å². The van der Waals surface area contributed by atoms with Crippen LogP contribution >= 0.6 is 7.60 Å². The molecule has 23 heteroatoms. The summed E-state index contributed by atoms with van der Waals surface area (Å²) in [5.41, 5.74) is 7.05. The van der Waals surface area contributed by atoms with Crippen LogP contribution in [0.3, 0.4) is 0 Å². The van der Waals surface area contributed by atoms with Gasteiger partial charge in [0.05, 0.1) is 29.8 Å². The van der Waals surface area contributed by atoms with Crippen LogP contribution in [0.15, 0.2) is 77.6 Å². The number of carbonyl (C=O) groups is 8. The molecule has 0 radical (unpaired) electrons. The average molecular weight is 1070 g/mol. The predicted octanol–water partition coefficient (Wildman–Crippen LogP) is 3.36. The summed E-state index contributed by atoms with van der Waals surface area (Å²) in [6.07, 6.45) is 4.80. The molecule has 3 aliphatic rings. The van der Waals surface area contributed by atoms with Crippen LogP contribution in [-0.4, -0.2) is 124 Å².